The zero-order chi connectivity index (χ0) is 14.1. The SMILES string of the molecule is CC(C)C1CCC(N)C(CN2CCOC3CCCC32)C1. The van der Waals surface area contributed by atoms with Gasteiger partial charge in [-0.1, -0.05) is 13.8 Å². The van der Waals surface area contributed by atoms with Crippen LogP contribution in [0.1, 0.15) is 52.4 Å². The van der Waals surface area contributed by atoms with Crippen molar-refractivity contribution in [2.45, 2.75) is 70.6 Å². The number of hydrogen-bond donors (Lipinski definition) is 1. The summed E-state index contributed by atoms with van der Waals surface area (Å²) in [5, 5.41) is 0. The first-order valence-corrected chi connectivity index (χ1v) is 8.76. The van der Waals surface area contributed by atoms with Gasteiger partial charge in [0.25, 0.3) is 0 Å². The van der Waals surface area contributed by atoms with Crippen molar-refractivity contribution in [3.05, 3.63) is 0 Å². The zero-order valence-electron chi connectivity index (χ0n) is 13.3. The molecular weight excluding hydrogens is 248 g/mol. The van der Waals surface area contributed by atoms with Crippen molar-refractivity contribution in [3.63, 3.8) is 0 Å². The molecule has 116 valence electrons. The molecule has 3 rings (SSSR count). The van der Waals surface area contributed by atoms with Gasteiger partial charge in [0.2, 0.25) is 0 Å². The number of rotatable bonds is 3. The van der Waals surface area contributed by atoms with Gasteiger partial charge in [-0.15, -0.1) is 0 Å². The highest BCUT2D eigenvalue weighted by Crippen LogP contribution is 2.36. The fraction of sp³-hybridized carbons (Fsp3) is 1.00. The molecule has 2 N–H and O–H groups in total. The maximum absolute atomic E-state index is 6.44. The molecule has 0 aromatic heterocycles. The molecule has 20 heavy (non-hydrogen) atoms. The third-order valence-corrected chi connectivity index (χ3v) is 6.09. The maximum Gasteiger partial charge on any atom is 0.0730 e. The Morgan fingerprint density at radius 1 is 1.20 bits per heavy atom. The Labute approximate surface area is 124 Å². The second-order valence-electron chi connectivity index (χ2n) is 7.64. The molecule has 3 aliphatic rings. The third kappa shape index (κ3) is 3.05. The number of nitrogens with two attached hydrogens (primary N) is 1. The second kappa shape index (κ2) is 6.33. The average Bonchev–Trinajstić information content (AvgIpc) is 2.90. The zero-order valence-corrected chi connectivity index (χ0v) is 13.3. The van der Waals surface area contributed by atoms with Gasteiger partial charge in [0.1, 0.15) is 0 Å². The third-order valence-electron chi connectivity index (χ3n) is 6.09. The molecule has 0 aromatic carbocycles. The summed E-state index contributed by atoms with van der Waals surface area (Å²) in [6, 6.07) is 1.11. The fourth-order valence-corrected chi connectivity index (χ4v) is 4.67. The van der Waals surface area contributed by atoms with Gasteiger partial charge in [-0.05, 0) is 56.3 Å². The molecule has 5 atom stereocenters. The van der Waals surface area contributed by atoms with Crippen LogP contribution in [0, 0.1) is 17.8 Å². The summed E-state index contributed by atoms with van der Waals surface area (Å²) in [6.45, 7) is 8.02. The summed E-state index contributed by atoms with van der Waals surface area (Å²) in [5.74, 6) is 2.41. The normalized spacial score (nSPS) is 42.9. The van der Waals surface area contributed by atoms with Gasteiger partial charge in [0.15, 0.2) is 0 Å². The van der Waals surface area contributed by atoms with E-state index in [2.05, 4.69) is 18.7 Å². The van der Waals surface area contributed by atoms with E-state index in [0.29, 0.717) is 24.1 Å². The Morgan fingerprint density at radius 3 is 2.85 bits per heavy atom. The van der Waals surface area contributed by atoms with Crippen LogP contribution in [0.4, 0.5) is 0 Å². The highest BCUT2D eigenvalue weighted by atomic mass is 16.5. The molecular formula is C17H32N2O. The molecule has 3 nitrogen and oxygen atoms in total. The highest BCUT2D eigenvalue weighted by molar-refractivity contribution is 4.92. The molecule has 2 saturated carbocycles. The van der Waals surface area contributed by atoms with Crippen molar-refractivity contribution in [1.29, 1.82) is 0 Å². The smallest absolute Gasteiger partial charge is 0.0730 e. The van der Waals surface area contributed by atoms with Gasteiger partial charge in [0, 0.05) is 25.2 Å². The van der Waals surface area contributed by atoms with Gasteiger partial charge in [-0.3, -0.25) is 4.90 Å². The van der Waals surface area contributed by atoms with Crippen molar-refractivity contribution in [2.24, 2.45) is 23.5 Å². The van der Waals surface area contributed by atoms with Gasteiger partial charge in [-0.25, -0.2) is 0 Å². The van der Waals surface area contributed by atoms with Crippen LogP contribution in [0.3, 0.4) is 0 Å². The summed E-state index contributed by atoms with van der Waals surface area (Å²) in [7, 11) is 0. The average molecular weight is 280 g/mol. The molecule has 1 heterocycles. The van der Waals surface area contributed by atoms with E-state index in [-0.39, 0.29) is 0 Å². The summed E-state index contributed by atoms with van der Waals surface area (Å²) >= 11 is 0. The first-order chi connectivity index (χ1) is 9.65. The lowest BCUT2D eigenvalue weighted by molar-refractivity contribution is -0.0639. The Balaban J connectivity index is 1.60. The molecule has 2 aliphatic carbocycles. The van der Waals surface area contributed by atoms with Crippen LogP contribution >= 0.6 is 0 Å². The largest absolute Gasteiger partial charge is 0.375 e. The van der Waals surface area contributed by atoms with E-state index in [4.69, 9.17) is 10.5 Å². The Morgan fingerprint density at radius 2 is 2.05 bits per heavy atom. The van der Waals surface area contributed by atoms with E-state index >= 15 is 0 Å². The number of fused-ring (bicyclic) bond motifs is 1. The molecule has 0 spiro atoms. The molecule has 1 aliphatic heterocycles. The van der Waals surface area contributed by atoms with Crippen LogP contribution in [0.2, 0.25) is 0 Å². The van der Waals surface area contributed by atoms with E-state index in [1.165, 1.54) is 45.1 Å². The van der Waals surface area contributed by atoms with E-state index in [9.17, 15) is 0 Å². The predicted octanol–water partition coefficient (Wildman–Crippen LogP) is 2.64. The standard InChI is InChI=1S/C17H32N2O/c1-12(2)13-6-7-15(18)14(10-13)11-19-8-9-20-17-5-3-4-16(17)19/h12-17H,3-11,18H2,1-2H3. The van der Waals surface area contributed by atoms with Crippen LogP contribution in [0.5, 0.6) is 0 Å². The van der Waals surface area contributed by atoms with Crippen molar-refractivity contribution < 1.29 is 4.74 Å². The predicted molar refractivity (Wildman–Crippen MR) is 82.6 cm³/mol. The number of nitrogens with zero attached hydrogens (tertiary/aromatic N) is 1. The number of ether oxygens (including phenoxy) is 1. The number of hydrogen-bond acceptors (Lipinski definition) is 3. The van der Waals surface area contributed by atoms with E-state index in [1.54, 1.807) is 0 Å². The van der Waals surface area contributed by atoms with E-state index in [1.807, 2.05) is 0 Å². The van der Waals surface area contributed by atoms with Gasteiger partial charge in [-0.2, -0.15) is 0 Å². The maximum atomic E-state index is 6.44. The summed E-state index contributed by atoms with van der Waals surface area (Å²) in [6.07, 6.45) is 8.37. The van der Waals surface area contributed by atoms with Gasteiger partial charge >= 0.3 is 0 Å². The first kappa shape index (κ1) is 14.8. The quantitative estimate of drug-likeness (QED) is 0.864. The Bertz CT molecular complexity index is 320. The Hall–Kier alpha value is -0.120. The molecule has 0 radical (unpaired) electrons. The summed E-state index contributed by atoms with van der Waals surface area (Å²) < 4.78 is 5.93. The molecule has 0 bridgehead atoms. The highest BCUT2D eigenvalue weighted by Gasteiger charge is 2.38. The minimum Gasteiger partial charge on any atom is -0.375 e. The van der Waals surface area contributed by atoms with Crippen molar-refractivity contribution in [1.82, 2.24) is 4.90 Å². The topological polar surface area (TPSA) is 38.5 Å². The van der Waals surface area contributed by atoms with Gasteiger partial charge in [0.05, 0.1) is 12.7 Å². The summed E-state index contributed by atoms with van der Waals surface area (Å²) in [4.78, 5) is 2.72. The fourth-order valence-electron chi connectivity index (χ4n) is 4.67. The molecule has 0 aromatic rings. The van der Waals surface area contributed by atoms with Crippen molar-refractivity contribution in [3.8, 4) is 0 Å². The molecule has 3 fully saturated rings. The molecule has 1 saturated heterocycles. The second-order valence-corrected chi connectivity index (χ2v) is 7.64. The Kier molecular flexibility index (Phi) is 4.68. The van der Waals surface area contributed by atoms with Crippen molar-refractivity contribution >= 4 is 0 Å². The van der Waals surface area contributed by atoms with Crippen LogP contribution in [-0.4, -0.2) is 42.8 Å². The minimum absolute atomic E-state index is 0.424. The summed E-state index contributed by atoms with van der Waals surface area (Å²) in [5.41, 5.74) is 6.44. The lowest BCUT2D eigenvalue weighted by Crippen LogP contribution is -2.53. The lowest BCUT2D eigenvalue weighted by Gasteiger charge is -2.43. The molecule has 3 heteroatoms. The van der Waals surface area contributed by atoms with Crippen LogP contribution in [0.15, 0.2) is 0 Å². The minimum atomic E-state index is 0.424. The van der Waals surface area contributed by atoms with Crippen molar-refractivity contribution in [2.75, 3.05) is 19.7 Å². The first-order valence-electron chi connectivity index (χ1n) is 8.76. The monoisotopic (exact) mass is 280 g/mol. The van der Waals surface area contributed by atoms with Crippen LogP contribution < -0.4 is 5.73 Å². The molecule has 5 unspecified atom stereocenters. The molecule has 0 amide bonds. The van der Waals surface area contributed by atoms with E-state index < -0.39 is 0 Å². The van der Waals surface area contributed by atoms with E-state index in [0.717, 1.165) is 25.0 Å². The van der Waals surface area contributed by atoms with Gasteiger partial charge < -0.3 is 10.5 Å². The number of morpholine rings is 1. The van der Waals surface area contributed by atoms with Crippen LogP contribution in [0.25, 0.3) is 0 Å². The lowest BCUT2D eigenvalue weighted by atomic mass is 9.73. The van der Waals surface area contributed by atoms with Crippen LogP contribution in [-0.2, 0) is 4.74 Å².